The molecular formula is C11H18N2O2. The fourth-order valence-electron chi connectivity index (χ4n) is 1.80. The Bertz CT molecular complexity index is 241. The fourth-order valence-corrected chi connectivity index (χ4v) is 1.80. The summed E-state index contributed by atoms with van der Waals surface area (Å²) < 4.78 is 5.29. The van der Waals surface area contributed by atoms with Crippen molar-refractivity contribution in [1.82, 2.24) is 4.90 Å². The predicted molar refractivity (Wildman–Crippen MR) is 56.0 cm³/mol. The third kappa shape index (κ3) is 3.52. The number of hydrogen-bond donors (Lipinski definition) is 0. The first kappa shape index (κ1) is 12.0. The van der Waals surface area contributed by atoms with Gasteiger partial charge in [-0.2, -0.15) is 5.26 Å². The lowest BCUT2D eigenvalue weighted by molar-refractivity contribution is -0.139. The molecule has 1 fully saturated rings. The molecule has 1 rings (SSSR count). The summed E-state index contributed by atoms with van der Waals surface area (Å²) in [5, 5.41) is 8.49. The van der Waals surface area contributed by atoms with Gasteiger partial charge in [0.25, 0.3) is 0 Å². The molecule has 1 aliphatic heterocycles. The lowest BCUT2D eigenvalue weighted by atomic mass is 10.0. The third-order valence-electron chi connectivity index (χ3n) is 2.70. The van der Waals surface area contributed by atoms with Gasteiger partial charge in [0.1, 0.15) is 0 Å². The van der Waals surface area contributed by atoms with Crippen LogP contribution in [0.3, 0.4) is 0 Å². The quantitative estimate of drug-likeness (QED) is 0.700. The number of carbonyl (C=O) groups is 1. The van der Waals surface area contributed by atoms with Crippen LogP contribution in [0.4, 0.5) is 0 Å². The van der Waals surface area contributed by atoms with Gasteiger partial charge in [-0.1, -0.05) is 0 Å². The van der Waals surface area contributed by atoms with Gasteiger partial charge >= 0.3 is 0 Å². The summed E-state index contributed by atoms with van der Waals surface area (Å²) in [5.74, 6) is 0.157. The third-order valence-corrected chi connectivity index (χ3v) is 2.70. The fraction of sp³-hybridized carbons (Fsp3) is 0.818. The summed E-state index contributed by atoms with van der Waals surface area (Å²) in [6, 6.07) is 2.07. The molecule has 0 spiro atoms. The number of amides is 1. The van der Waals surface area contributed by atoms with Gasteiger partial charge in [0.2, 0.25) is 5.91 Å². The lowest BCUT2D eigenvalue weighted by Gasteiger charge is -2.27. The number of nitriles is 1. The van der Waals surface area contributed by atoms with Crippen molar-refractivity contribution in [3.63, 3.8) is 0 Å². The van der Waals surface area contributed by atoms with Crippen LogP contribution in [0.1, 0.15) is 26.2 Å². The van der Waals surface area contributed by atoms with Gasteiger partial charge < -0.3 is 9.64 Å². The van der Waals surface area contributed by atoms with Gasteiger partial charge in [0, 0.05) is 19.7 Å². The van der Waals surface area contributed by atoms with Crippen LogP contribution in [-0.2, 0) is 9.53 Å². The minimum absolute atomic E-state index is 0.0115. The molecule has 0 saturated carbocycles. The van der Waals surface area contributed by atoms with E-state index < -0.39 is 0 Å². The summed E-state index contributed by atoms with van der Waals surface area (Å²) >= 11 is 0. The predicted octanol–water partition coefficient (Wildman–Crippen LogP) is 1.18. The molecule has 0 aliphatic carbocycles. The Balaban J connectivity index is 2.44. The van der Waals surface area contributed by atoms with E-state index in [1.807, 2.05) is 6.92 Å². The normalized spacial score (nSPS) is 20.7. The van der Waals surface area contributed by atoms with Crippen LogP contribution < -0.4 is 0 Å². The van der Waals surface area contributed by atoms with Crippen molar-refractivity contribution in [1.29, 1.82) is 5.26 Å². The van der Waals surface area contributed by atoms with Crippen LogP contribution in [0, 0.1) is 17.2 Å². The molecule has 15 heavy (non-hydrogen) atoms. The minimum atomic E-state index is 0.0115. The monoisotopic (exact) mass is 210 g/mol. The minimum Gasteiger partial charge on any atom is -0.381 e. The van der Waals surface area contributed by atoms with E-state index in [1.165, 1.54) is 0 Å². The molecule has 0 radical (unpaired) electrons. The number of ether oxygens (including phenoxy) is 1. The second kappa shape index (κ2) is 6.41. The highest BCUT2D eigenvalue weighted by atomic mass is 16.5. The Kier molecular flexibility index (Phi) is 5.13. The second-order valence-corrected chi connectivity index (χ2v) is 3.74. The lowest BCUT2D eigenvalue weighted by Crippen LogP contribution is -2.39. The molecule has 0 aromatic heterocycles. The highest BCUT2D eigenvalue weighted by molar-refractivity contribution is 5.79. The first-order valence-electron chi connectivity index (χ1n) is 5.53. The van der Waals surface area contributed by atoms with Gasteiger partial charge in [-0.3, -0.25) is 4.79 Å². The van der Waals surface area contributed by atoms with Gasteiger partial charge in [0.05, 0.1) is 25.0 Å². The molecule has 0 aromatic carbocycles. The van der Waals surface area contributed by atoms with E-state index in [4.69, 9.17) is 10.00 Å². The number of hydrogen-bond acceptors (Lipinski definition) is 3. The van der Waals surface area contributed by atoms with E-state index in [2.05, 4.69) is 6.07 Å². The average Bonchev–Trinajstić information content (AvgIpc) is 2.31. The van der Waals surface area contributed by atoms with Gasteiger partial charge in [0.15, 0.2) is 0 Å². The molecule has 0 aromatic rings. The Morgan fingerprint density at radius 3 is 3.00 bits per heavy atom. The van der Waals surface area contributed by atoms with Crippen molar-refractivity contribution in [2.24, 2.45) is 5.92 Å². The largest absolute Gasteiger partial charge is 0.381 e. The van der Waals surface area contributed by atoms with Crippen molar-refractivity contribution in [2.75, 3.05) is 26.3 Å². The zero-order valence-electron chi connectivity index (χ0n) is 9.24. The van der Waals surface area contributed by atoms with Crippen molar-refractivity contribution in [3.8, 4) is 6.07 Å². The molecule has 1 heterocycles. The molecule has 4 heteroatoms. The molecule has 1 amide bonds. The Morgan fingerprint density at radius 2 is 2.47 bits per heavy atom. The maximum Gasteiger partial charge on any atom is 0.228 e. The van der Waals surface area contributed by atoms with Crippen molar-refractivity contribution in [2.45, 2.75) is 26.2 Å². The number of rotatable bonds is 4. The molecule has 4 nitrogen and oxygen atoms in total. The summed E-state index contributed by atoms with van der Waals surface area (Å²) in [4.78, 5) is 13.7. The van der Waals surface area contributed by atoms with E-state index in [9.17, 15) is 4.79 Å². The van der Waals surface area contributed by atoms with Gasteiger partial charge in [-0.05, 0) is 19.8 Å². The van der Waals surface area contributed by atoms with E-state index in [0.717, 1.165) is 19.4 Å². The average molecular weight is 210 g/mol. The van der Waals surface area contributed by atoms with Gasteiger partial charge in [-0.15, -0.1) is 0 Å². The zero-order valence-corrected chi connectivity index (χ0v) is 9.24. The van der Waals surface area contributed by atoms with Crippen molar-refractivity contribution >= 4 is 5.91 Å². The Labute approximate surface area is 90.8 Å². The van der Waals surface area contributed by atoms with Crippen molar-refractivity contribution < 1.29 is 9.53 Å². The first-order chi connectivity index (χ1) is 7.29. The summed E-state index contributed by atoms with van der Waals surface area (Å²) in [6.07, 6.45) is 2.29. The van der Waals surface area contributed by atoms with E-state index in [1.54, 1.807) is 4.90 Å². The Hall–Kier alpha value is -1.08. The molecule has 1 unspecified atom stereocenters. The van der Waals surface area contributed by atoms with Crippen molar-refractivity contribution in [3.05, 3.63) is 0 Å². The molecule has 84 valence electrons. The number of carbonyl (C=O) groups excluding carboxylic acids is 1. The van der Waals surface area contributed by atoms with Crippen LogP contribution in [-0.4, -0.2) is 37.1 Å². The van der Waals surface area contributed by atoms with E-state index >= 15 is 0 Å². The van der Waals surface area contributed by atoms with Crippen LogP contribution in [0.25, 0.3) is 0 Å². The van der Waals surface area contributed by atoms with E-state index in [0.29, 0.717) is 26.1 Å². The first-order valence-corrected chi connectivity index (χ1v) is 5.53. The number of nitrogens with zero attached hydrogens (tertiary/aromatic N) is 2. The van der Waals surface area contributed by atoms with Gasteiger partial charge in [-0.25, -0.2) is 0 Å². The second-order valence-electron chi connectivity index (χ2n) is 3.74. The molecule has 0 N–H and O–H groups in total. The van der Waals surface area contributed by atoms with Crippen LogP contribution >= 0.6 is 0 Å². The highest BCUT2D eigenvalue weighted by Crippen LogP contribution is 2.16. The SMILES string of the molecule is CCN(CCC#N)C(=O)C1CCCOC1. The molecular weight excluding hydrogens is 192 g/mol. The maximum atomic E-state index is 12.0. The summed E-state index contributed by atoms with van der Waals surface area (Å²) in [6.45, 7) is 4.48. The zero-order chi connectivity index (χ0) is 11.1. The highest BCUT2D eigenvalue weighted by Gasteiger charge is 2.25. The van der Waals surface area contributed by atoms with Crippen LogP contribution in [0.5, 0.6) is 0 Å². The molecule has 1 aliphatic rings. The molecule has 1 saturated heterocycles. The van der Waals surface area contributed by atoms with E-state index in [-0.39, 0.29) is 11.8 Å². The standard InChI is InChI=1S/C11H18N2O2/c1-2-13(7-4-6-12)11(14)10-5-3-8-15-9-10/h10H,2-5,7-9H2,1H3. The Morgan fingerprint density at radius 1 is 1.67 bits per heavy atom. The topological polar surface area (TPSA) is 53.3 Å². The maximum absolute atomic E-state index is 12.0. The smallest absolute Gasteiger partial charge is 0.228 e. The summed E-state index contributed by atoms with van der Waals surface area (Å²) in [7, 11) is 0. The van der Waals surface area contributed by atoms with Crippen LogP contribution in [0.2, 0.25) is 0 Å². The van der Waals surface area contributed by atoms with Crippen LogP contribution in [0.15, 0.2) is 0 Å². The molecule has 0 bridgehead atoms. The molecule has 1 atom stereocenters. The summed E-state index contributed by atoms with van der Waals surface area (Å²) in [5.41, 5.74) is 0.